The van der Waals surface area contributed by atoms with E-state index in [4.69, 9.17) is 4.74 Å². The molecule has 19 heavy (non-hydrogen) atoms. The van der Waals surface area contributed by atoms with Gasteiger partial charge in [0.25, 0.3) is 0 Å². The second-order valence-electron chi connectivity index (χ2n) is 3.96. The van der Waals surface area contributed by atoms with E-state index in [2.05, 4.69) is 21.0 Å². The number of benzene rings is 1. The fourth-order valence-corrected chi connectivity index (χ4v) is 2.01. The van der Waals surface area contributed by atoms with E-state index in [1.807, 2.05) is 18.2 Å². The Morgan fingerprint density at radius 1 is 1.42 bits per heavy atom. The van der Waals surface area contributed by atoms with Crippen LogP contribution in [-0.2, 0) is 7.05 Å². The summed E-state index contributed by atoms with van der Waals surface area (Å²) in [5, 5.41) is 4.06. The minimum atomic E-state index is -0.136. The summed E-state index contributed by atoms with van der Waals surface area (Å²) in [5.41, 5.74) is 1.26. The molecule has 0 N–H and O–H groups in total. The van der Waals surface area contributed by atoms with Crippen LogP contribution < -0.4 is 4.74 Å². The van der Waals surface area contributed by atoms with E-state index < -0.39 is 0 Å². The van der Waals surface area contributed by atoms with E-state index in [0.717, 1.165) is 10.0 Å². The molecule has 0 bridgehead atoms. The summed E-state index contributed by atoms with van der Waals surface area (Å²) < 4.78 is 7.77. The highest BCUT2D eigenvalue weighted by Gasteiger charge is 2.06. The number of hydrogen-bond acceptors (Lipinski definition) is 3. The predicted octanol–water partition coefficient (Wildman–Crippen LogP) is 3.09. The minimum Gasteiger partial charge on any atom is -0.496 e. The van der Waals surface area contributed by atoms with E-state index in [9.17, 15) is 4.79 Å². The predicted molar refractivity (Wildman–Crippen MR) is 77.3 cm³/mol. The van der Waals surface area contributed by atoms with Crippen LogP contribution in [0.15, 0.2) is 41.0 Å². The summed E-state index contributed by atoms with van der Waals surface area (Å²) in [6.07, 6.45) is 4.95. The lowest BCUT2D eigenvalue weighted by Gasteiger charge is -2.04. The standard InChI is InChI=1S/C14H13BrN2O2/c1-17-8-7-12(16-17)13(18)5-3-10-9-11(15)4-6-14(10)19-2/h3-9H,1-2H3/b5-3+. The third kappa shape index (κ3) is 3.32. The van der Waals surface area contributed by atoms with Crippen molar-refractivity contribution >= 4 is 27.8 Å². The number of carbonyl (C=O) groups is 1. The largest absolute Gasteiger partial charge is 0.496 e. The van der Waals surface area contributed by atoms with Gasteiger partial charge < -0.3 is 4.74 Å². The van der Waals surface area contributed by atoms with Gasteiger partial charge in [0.2, 0.25) is 5.78 Å². The van der Waals surface area contributed by atoms with Crippen molar-refractivity contribution in [2.24, 2.45) is 7.05 Å². The highest BCUT2D eigenvalue weighted by Crippen LogP contribution is 2.24. The molecule has 0 amide bonds. The van der Waals surface area contributed by atoms with Gasteiger partial charge in [-0.25, -0.2) is 0 Å². The Hall–Kier alpha value is -1.88. The smallest absolute Gasteiger partial charge is 0.206 e. The van der Waals surface area contributed by atoms with Gasteiger partial charge in [-0.3, -0.25) is 9.48 Å². The summed E-state index contributed by atoms with van der Waals surface area (Å²) in [5.74, 6) is 0.580. The third-order valence-corrected chi connectivity index (χ3v) is 3.07. The second-order valence-corrected chi connectivity index (χ2v) is 4.87. The van der Waals surface area contributed by atoms with Crippen molar-refractivity contribution in [2.45, 2.75) is 0 Å². The molecule has 4 nitrogen and oxygen atoms in total. The van der Waals surface area contributed by atoms with E-state index in [1.165, 1.54) is 6.08 Å². The first-order valence-corrected chi connectivity index (χ1v) is 6.45. The summed E-state index contributed by atoms with van der Waals surface area (Å²) in [6.45, 7) is 0. The normalized spacial score (nSPS) is 10.9. The molecule has 0 unspecified atom stereocenters. The van der Waals surface area contributed by atoms with Crippen LogP contribution in [0.4, 0.5) is 0 Å². The van der Waals surface area contributed by atoms with Crippen molar-refractivity contribution in [1.29, 1.82) is 0 Å². The first-order chi connectivity index (χ1) is 9.10. The fourth-order valence-electron chi connectivity index (χ4n) is 1.63. The lowest BCUT2D eigenvalue weighted by molar-refractivity contribution is 0.104. The number of aromatic nitrogens is 2. The Balaban J connectivity index is 2.23. The maximum Gasteiger partial charge on any atom is 0.206 e. The summed E-state index contributed by atoms with van der Waals surface area (Å²) >= 11 is 3.39. The highest BCUT2D eigenvalue weighted by atomic mass is 79.9. The van der Waals surface area contributed by atoms with Gasteiger partial charge >= 0.3 is 0 Å². The van der Waals surface area contributed by atoms with Gasteiger partial charge in [-0.05, 0) is 36.4 Å². The van der Waals surface area contributed by atoms with Crippen LogP contribution in [0, 0.1) is 0 Å². The Kier molecular flexibility index (Phi) is 4.16. The number of ether oxygens (including phenoxy) is 1. The first kappa shape index (κ1) is 13.5. The topological polar surface area (TPSA) is 44.1 Å². The van der Waals surface area contributed by atoms with Crippen molar-refractivity contribution in [3.63, 3.8) is 0 Å². The monoisotopic (exact) mass is 320 g/mol. The maximum atomic E-state index is 11.9. The number of halogens is 1. The molecule has 5 heteroatoms. The van der Waals surface area contributed by atoms with Gasteiger partial charge in [0.15, 0.2) is 0 Å². The van der Waals surface area contributed by atoms with Crippen LogP contribution >= 0.6 is 15.9 Å². The number of aryl methyl sites for hydroxylation is 1. The average Bonchev–Trinajstić information content (AvgIpc) is 2.83. The second kappa shape index (κ2) is 5.84. The molecule has 0 atom stereocenters. The number of allylic oxidation sites excluding steroid dienone is 1. The molecule has 0 aliphatic heterocycles. The molecule has 2 rings (SSSR count). The van der Waals surface area contributed by atoms with E-state index >= 15 is 0 Å². The number of hydrogen-bond donors (Lipinski definition) is 0. The molecular weight excluding hydrogens is 308 g/mol. The molecule has 0 aliphatic rings. The number of rotatable bonds is 4. The van der Waals surface area contributed by atoms with Crippen LogP contribution in [0.2, 0.25) is 0 Å². The van der Waals surface area contributed by atoms with Crippen LogP contribution in [0.1, 0.15) is 16.1 Å². The Bertz CT molecular complexity index is 632. The molecule has 0 saturated carbocycles. The van der Waals surface area contributed by atoms with Crippen LogP contribution in [0.5, 0.6) is 5.75 Å². The van der Waals surface area contributed by atoms with Crippen molar-refractivity contribution in [1.82, 2.24) is 9.78 Å². The Morgan fingerprint density at radius 3 is 2.84 bits per heavy atom. The number of methoxy groups -OCH3 is 1. The minimum absolute atomic E-state index is 0.136. The van der Waals surface area contributed by atoms with Gasteiger partial charge in [-0.15, -0.1) is 0 Å². The fraction of sp³-hybridized carbons (Fsp3) is 0.143. The number of carbonyl (C=O) groups excluding carboxylic acids is 1. The van der Waals surface area contributed by atoms with Gasteiger partial charge in [-0.2, -0.15) is 5.10 Å². The Labute approximate surface area is 119 Å². The molecule has 0 radical (unpaired) electrons. The zero-order valence-electron chi connectivity index (χ0n) is 10.6. The third-order valence-electron chi connectivity index (χ3n) is 2.57. The summed E-state index contributed by atoms with van der Waals surface area (Å²) in [6, 6.07) is 7.30. The van der Waals surface area contributed by atoms with E-state index in [-0.39, 0.29) is 5.78 Å². The molecular formula is C14H13BrN2O2. The van der Waals surface area contributed by atoms with E-state index in [0.29, 0.717) is 11.4 Å². The van der Waals surface area contributed by atoms with Gasteiger partial charge in [0, 0.05) is 23.3 Å². The van der Waals surface area contributed by atoms with Gasteiger partial charge in [0.1, 0.15) is 11.4 Å². The zero-order chi connectivity index (χ0) is 13.8. The van der Waals surface area contributed by atoms with Crippen LogP contribution in [0.3, 0.4) is 0 Å². The van der Waals surface area contributed by atoms with Crippen LogP contribution in [-0.4, -0.2) is 22.7 Å². The lowest BCUT2D eigenvalue weighted by Crippen LogP contribution is -1.97. The van der Waals surface area contributed by atoms with Gasteiger partial charge in [0.05, 0.1) is 7.11 Å². The average molecular weight is 321 g/mol. The van der Waals surface area contributed by atoms with E-state index in [1.54, 1.807) is 37.2 Å². The van der Waals surface area contributed by atoms with Crippen LogP contribution in [0.25, 0.3) is 6.08 Å². The zero-order valence-corrected chi connectivity index (χ0v) is 12.2. The molecule has 0 saturated heterocycles. The molecule has 98 valence electrons. The number of nitrogens with zero attached hydrogens (tertiary/aromatic N) is 2. The molecule has 0 spiro atoms. The number of ketones is 1. The molecule has 1 heterocycles. The lowest BCUT2D eigenvalue weighted by atomic mass is 10.1. The van der Waals surface area contributed by atoms with Gasteiger partial charge in [-0.1, -0.05) is 15.9 Å². The quantitative estimate of drug-likeness (QED) is 0.642. The van der Waals surface area contributed by atoms with Crippen molar-refractivity contribution in [3.05, 3.63) is 52.3 Å². The summed E-state index contributed by atoms with van der Waals surface area (Å²) in [4.78, 5) is 11.9. The summed E-state index contributed by atoms with van der Waals surface area (Å²) in [7, 11) is 3.37. The maximum absolute atomic E-state index is 11.9. The molecule has 0 fully saturated rings. The highest BCUT2D eigenvalue weighted by molar-refractivity contribution is 9.10. The van der Waals surface area contributed by atoms with Crippen molar-refractivity contribution < 1.29 is 9.53 Å². The molecule has 1 aromatic heterocycles. The SMILES string of the molecule is COc1ccc(Br)cc1/C=C/C(=O)c1ccn(C)n1. The first-order valence-electron chi connectivity index (χ1n) is 5.66. The van der Waals surface area contributed by atoms with Crippen molar-refractivity contribution in [2.75, 3.05) is 7.11 Å². The Morgan fingerprint density at radius 2 is 2.21 bits per heavy atom. The molecule has 0 aliphatic carbocycles. The van der Waals surface area contributed by atoms with Crippen molar-refractivity contribution in [3.8, 4) is 5.75 Å². The molecule has 1 aromatic carbocycles. The molecule has 2 aromatic rings.